The predicted molar refractivity (Wildman–Crippen MR) is 135 cm³/mol. The number of amides is 2. The Labute approximate surface area is 213 Å². The van der Waals surface area contributed by atoms with Crippen LogP contribution in [0.2, 0.25) is 0 Å². The zero-order valence-corrected chi connectivity index (χ0v) is 20.3. The monoisotopic (exact) mass is 495 g/mol. The quantitative estimate of drug-likeness (QED) is 0.466. The van der Waals surface area contributed by atoms with E-state index in [0.717, 1.165) is 39.0 Å². The Morgan fingerprint density at radius 3 is 2.70 bits per heavy atom. The van der Waals surface area contributed by atoms with Gasteiger partial charge in [0.25, 0.3) is 0 Å². The third-order valence-electron chi connectivity index (χ3n) is 7.48. The summed E-state index contributed by atoms with van der Waals surface area (Å²) < 4.78 is 17.2. The largest absolute Gasteiger partial charge is 0.489 e. The maximum Gasteiger partial charge on any atom is 0.245 e. The maximum atomic E-state index is 13.3. The highest BCUT2D eigenvalue weighted by atomic mass is 16.7. The molecule has 0 saturated carbocycles. The van der Waals surface area contributed by atoms with Crippen molar-refractivity contribution in [3.05, 3.63) is 89.1 Å². The number of carbonyl (C=O) groups is 2. The van der Waals surface area contributed by atoms with Crippen LogP contribution in [0, 0.1) is 0 Å². The number of hydrogen-bond donors (Lipinski definition) is 1. The highest BCUT2D eigenvalue weighted by molar-refractivity contribution is 5.97. The Morgan fingerprint density at radius 1 is 1.00 bits per heavy atom. The van der Waals surface area contributed by atoms with Crippen LogP contribution in [-0.4, -0.2) is 53.0 Å². The number of nitrogens with zero attached hydrogens (tertiary/aromatic N) is 2. The minimum atomic E-state index is -0.567. The summed E-state index contributed by atoms with van der Waals surface area (Å²) in [6, 6.07) is 20.7. The van der Waals surface area contributed by atoms with Gasteiger partial charge in [0, 0.05) is 36.1 Å². The number of piperazine rings is 1. The lowest BCUT2D eigenvalue weighted by Gasteiger charge is -2.46. The number of benzene rings is 3. The van der Waals surface area contributed by atoms with Gasteiger partial charge in [0.1, 0.15) is 18.4 Å². The fraction of sp³-hybridized carbons (Fsp3) is 0.241. The van der Waals surface area contributed by atoms with Crippen molar-refractivity contribution in [2.75, 3.05) is 20.4 Å². The number of H-pyrrole nitrogens is 1. The average molecular weight is 496 g/mol. The van der Waals surface area contributed by atoms with Crippen molar-refractivity contribution in [2.45, 2.75) is 25.1 Å². The fourth-order valence-corrected chi connectivity index (χ4v) is 5.70. The molecule has 8 heteroatoms. The minimum absolute atomic E-state index is 0.0480. The summed E-state index contributed by atoms with van der Waals surface area (Å²) in [5, 5.41) is 1.03. The van der Waals surface area contributed by atoms with Crippen LogP contribution in [0.25, 0.3) is 10.9 Å². The first-order valence-electron chi connectivity index (χ1n) is 12.3. The third-order valence-corrected chi connectivity index (χ3v) is 7.48. The van der Waals surface area contributed by atoms with Gasteiger partial charge in [0.05, 0.1) is 12.6 Å². The van der Waals surface area contributed by atoms with Crippen LogP contribution in [0.1, 0.15) is 28.4 Å². The average Bonchev–Trinajstić information content (AvgIpc) is 3.53. The Morgan fingerprint density at radius 2 is 1.84 bits per heavy atom. The first-order valence-corrected chi connectivity index (χ1v) is 12.3. The van der Waals surface area contributed by atoms with E-state index in [2.05, 4.69) is 4.98 Å². The van der Waals surface area contributed by atoms with Gasteiger partial charge in [-0.1, -0.05) is 36.4 Å². The molecule has 0 aliphatic carbocycles. The number of carbonyl (C=O) groups excluding carboxylic acids is 2. The summed E-state index contributed by atoms with van der Waals surface area (Å²) in [6.45, 7) is 0.697. The first kappa shape index (κ1) is 21.8. The van der Waals surface area contributed by atoms with Gasteiger partial charge in [-0.05, 0) is 41.0 Å². The van der Waals surface area contributed by atoms with Crippen molar-refractivity contribution in [3.63, 3.8) is 0 Å². The molecule has 37 heavy (non-hydrogen) atoms. The van der Waals surface area contributed by atoms with Crippen molar-refractivity contribution in [3.8, 4) is 17.2 Å². The molecule has 3 aromatic carbocycles. The van der Waals surface area contributed by atoms with Gasteiger partial charge >= 0.3 is 0 Å². The van der Waals surface area contributed by atoms with E-state index < -0.39 is 12.1 Å². The van der Waals surface area contributed by atoms with Gasteiger partial charge in [-0.15, -0.1) is 0 Å². The molecule has 0 unspecified atom stereocenters. The maximum absolute atomic E-state index is 13.3. The molecule has 0 radical (unpaired) electrons. The molecule has 1 saturated heterocycles. The van der Waals surface area contributed by atoms with Crippen molar-refractivity contribution in [1.29, 1.82) is 0 Å². The van der Waals surface area contributed by atoms with Gasteiger partial charge in [-0.3, -0.25) is 9.59 Å². The topological polar surface area (TPSA) is 84.1 Å². The van der Waals surface area contributed by atoms with Crippen LogP contribution in [0.15, 0.2) is 66.7 Å². The molecular weight excluding hydrogens is 470 g/mol. The molecule has 0 bridgehead atoms. The molecule has 186 valence electrons. The fourth-order valence-electron chi connectivity index (χ4n) is 5.70. The number of fused-ring (bicyclic) bond motifs is 5. The van der Waals surface area contributed by atoms with E-state index in [1.165, 1.54) is 4.90 Å². The number of likely N-dealkylation sites (N-methyl/N-ethyl adjacent to an activating group) is 1. The van der Waals surface area contributed by atoms with E-state index in [1.807, 2.05) is 66.7 Å². The molecule has 4 heterocycles. The molecule has 4 aromatic rings. The molecule has 3 aliphatic heterocycles. The van der Waals surface area contributed by atoms with Gasteiger partial charge in [0.15, 0.2) is 11.5 Å². The van der Waals surface area contributed by atoms with Crippen LogP contribution in [-0.2, 0) is 22.6 Å². The molecule has 2 atom stereocenters. The Kier molecular flexibility index (Phi) is 4.89. The Hall–Kier alpha value is -4.46. The molecule has 1 N–H and O–H groups in total. The van der Waals surface area contributed by atoms with Crippen LogP contribution in [0.5, 0.6) is 17.2 Å². The van der Waals surface area contributed by atoms with Crippen molar-refractivity contribution in [1.82, 2.24) is 14.8 Å². The molecule has 3 aliphatic rings. The van der Waals surface area contributed by atoms with Crippen LogP contribution < -0.4 is 14.2 Å². The number of aromatic nitrogens is 1. The van der Waals surface area contributed by atoms with E-state index in [0.29, 0.717) is 24.5 Å². The minimum Gasteiger partial charge on any atom is -0.489 e. The molecule has 8 nitrogen and oxygen atoms in total. The van der Waals surface area contributed by atoms with Crippen LogP contribution >= 0.6 is 0 Å². The summed E-state index contributed by atoms with van der Waals surface area (Å²) in [4.78, 5) is 33.5. The van der Waals surface area contributed by atoms with E-state index in [4.69, 9.17) is 14.2 Å². The highest BCUT2D eigenvalue weighted by Gasteiger charge is 2.47. The molecule has 1 aromatic heterocycles. The van der Waals surface area contributed by atoms with Crippen LogP contribution in [0.4, 0.5) is 0 Å². The number of rotatable bonds is 4. The normalized spacial score (nSPS) is 20.2. The van der Waals surface area contributed by atoms with Crippen molar-refractivity contribution >= 4 is 22.7 Å². The lowest BCUT2D eigenvalue weighted by Crippen LogP contribution is -2.62. The van der Waals surface area contributed by atoms with Gasteiger partial charge in [0.2, 0.25) is 18.6 Å². The van der Waals surface area contributed by atoms with Crippen molar-refractivity contribution < 1.29 is 23.8 Å². The number of nitrogens with one attached hydrogen (secondary N) is 1. The zero-order valence-electron chi connectivity index (χ0n) is 20.3. The summed E-state index contributed by atoms with van der Waals surface area (Å²) >= 11 is 0. The lowest BCUT2D eigenvalue weighted by molar-refractivity contribution is -0.157. The van der Waals surface area contributed by atoms with Gasteiger partial charge in [-0.2, -0.15) is 0 Å². The predicted octanol–water partition coefficient (Wildman–Crippen LogP) is 3.79. The second-order valence-corrected chi connectivity index (χ2v) is 9.73. The first-order chi connectivity index (χ1) is 18.1. The van der Waals surface area contributed by atoms with Gasteiger partial charge < -0.3 is 29.0 Å². The molecule has 1 fully saturated rings. The Balaban J connectivity index is 1.32. The second-order valence-electron chi connectivity index (χ2n) is 9.73. The van der Waals surface area contributed by atoms with Crippen LogP contribution in [0.3, 0.4) is 0 Å². The van der Waals surface area contributed by atoms with Gasteiger partial charge in [-0.25, -0.2) is 0 Å². The molecule has 0 spiro atoms. The summed E-state index contributed by atoms with van der Waals surface area (Å²) in [5.74, 6) is 1.94. The second kappa shape index (κ2) is 8.30. The zero-order chi connectivity index (χ0) is 25.1. The number of ether oxygens (including phenoxy) is 3. The number of hydrogen-bond acceptors (Lipinski definition) is 5. The number of aromatic amines is 1. The van der Waals surface area contributed by atoms with E-state index >= 15 is 0 Å². The smallest absolute Gasteiger partial charge is 0.245 e. The van der Waals surface area contributed by atoms with E-state index in [-0.39, 0.29) is 25.2 Å². The molecule has 2 amide bonds. The molecule has 7 rings (SSSR count). The lowest BCUT2D eigenvalue weighted by atomic mass is 9.86. The third kappa shape index (κ3) is 3.51. The SMILES string of the molecule is CN1CC(=O)N2[C@H](c3ccc4c(c3)OCO4)c3[nH]c4cc(OCc5ccccc5)ccc4c3C[C@@H]2C1=O. The van der Waals surface area contributed by atoms with E-state index in [1.54, 1.807) is 11.9 Å². The standard InChI is InChI=1S/C29H25N3O5/c1-31-14-26(33)32-23(29(31)34)13-21-20-9-8-19(35-15-17-5-3-2-4-6-17)12-22(20)30-27(21)28(32)18-7-10-24-25(11-18)37-16-36-24/h2-12,23,28,30H,13-16H2,1H3/t23-,28-/m1/s1. The summed E-state index contributed by atoms with van der Waals surface area (Å²) in [7, 11) is 1.69. The summed E-state index contributed by atoms with van der Waals surface area (Å²) in [6.07, 6.45) is 0.454. The highest BCUT2D eigenvalue weighted by Crippen LogP contribution is 2.45. The molecular formula is C29H25N3O5. The summed E-state index contributed by atoms with van der Waals surface area (Å²) in [5.41, 5.74) is 4.83. The Bertz CT molecular complexity index is 1550. The van der Waals surface area contributed by atoms with Crippen molar-refractivity contribution in [2.24, 2.45) is 0 Å². The van der Waals surface area contributed by atoms with E-state index in [9.17, 15) is 9.59 Å².